The van der Waals surface area contributed by atoms with Crippen LogP contribution in [-0.2, 0) is 25.4 Å². The van der Waals surface area contributed by atoms with E-state index >= 15 is 0 Å². The number of benzene rings is 1. The Labute approximate surface area is 132 Å². The zero-order valence-electron chi connectivity index (χ0n) is 16.8. The van der Waals surface area contributed by atoms with E-state index in [0.717, 1.165) is 0 Å². The predicted octanol–water partition coefficient (Wildman–Crippen LogP) is 3.21. The molecule has 1 fully saturated rings. The SMILES string of the molecule is [2H]C([2H])(B1OC(C)(C)C(C)(C)O1)C([2H])([2H])C(=O)OCc1ccccc1. The molecule has 2 rings (SSSR count). The summed E-state index contributed by atoms with van der Waals surface area (Å²) in [7, 11) is -1.53. The van der Waals surface area contributed by atoms with Crippen molar-refractivity contribution in [3.8, 4) is 0 Å². The fourth-order valence-electron chi connectivity index (χ4n) is 1.78. The fraction of sp³-hybridized carbons (Fsp3) is 0.562. The molecule has 1 aromatic carbocycles. The molecule has 4 nitrogen and oxygen atoms in total. The van der Waals surface area contributed by atoms with Gasteiger partial charge in [0.25, 0.3) is 0 Å². The fourth-order valence-corrected chi connectivity index (χ4v) is 1.78. The molecule has 0 atom stereocenters. The average molecular weight is 294 g/mol. The Morgan fingerprint density at radius 1 is 1.19 bits per heavy atom. The molecule has 1 aliphatic heterocycles. The van der Waals surface area contributed by atoms with E-state index in [9.17, 15) is 4.79 Å². The smallest absolute Gasteiger partial charge is 0.458 e. The van der Waals surface area contributed by atoms with Crippen LogP contribution in [0.2, 0.25) is 6.27 Å². The van der Waals surface area contributed by atoms with Crippen molar-refractivity contribution >= 4 is 13.1 Å². The third-order valence-corrected chi connectivity index (χ3v) is 3.76. The Morgan fingerprint density at radius 2 is 1.76 bits per heavy atom. The van der Waals surface area contributed by atoms with Gasteiger partial charge in [-0.25, -0.2) is 0 Å². The Kier molecular flexibility index (Phi) is 3.33. The van der Waals surface area contributed by atoms with E-state index in [1.54, 1.807) is 52.0 Å². The molecule has 1 saturated heterocycles. The van der Waals surface area contributed by atoms with Gasteiger partial charge in [-0.3, -0.25) is 4.79 Å². The molecule has 0 saturated carbocycles. The van der Waals surface area contributed by atoms with Gasteiger partial charge >= 0.3 is 13.1 Å². The van der Waals surface area contributed by atoms with Gasteiger partial charge in [-0.1, -0.05) is 30.3 Å². The minimum Gasteiger partial charge on any atom is -0.461 e. The first-order chi connectivity index (χ1) is 11.3. The maximum atomic E-state index is 12.2. The van der Waals surface area contributed by atoms with Crippen LogP contribution in [0.15, 0.2) is 30.3 Å². The van der Waals surface area contributed by atoms with Crippen LogP contribution >= 0.6 is 0 Å². The van der Waals surface area contributed by atoms with E-state index in [-0.39, 0.29) is 6.61 Å². The third-order valence-electron chi connectivity index (χ3n) is 3.76. The number of carbonyl (C=O) groups excluding carboxylic acids is 1. The van der Waals surface area contributed by atoms with Gasteiger partial charge in [-0.05, 0) is 39.5 Å². The van der Waals surface area contributed by atoms with Gasteiger partial charge in [0.05, 0.1) is 11.2 Å². The molecular formula is C16H23BO4. The summed E-state index contributed by atoms with van der Waals surface area (Å²) >= 11 is 0. The maximum absolute atomic E-state index is 12.2. The van der Waals surface area contributed by atoms with E-state index in [4.69, 9.17) is 19.5 Å². The Hall–Kier alpha value is -1.33. The highest BCUT2D eigenvalue weighted by molar-refractivity contribution is 6.45. The predicted molar refractivity (Wildman–Crippen MR) is 81.7 cm³/mol. The first kappa shape index (κ1) is 11.3. The minimum absolute atomic E-state index is 0.140. The van der Waals surface area contributed by atoms with Crippen molar-refractivity contribution in [2.24, 2.45) is 0 Å². The van der Waals surface area contributed by atoms with Crippen molar-refractivity contribution in [1.29, 1.82) is 0 Å². The molecule has 1 aromatic rings. The van der Waals surface area contributed by atoms with Gasteiger partial charge in [0.2, 0.25) is 0 Å². The van der Waals surface area contributed by atoms with Gasteiger partial charge in [0.15, 0.2) is 0 Å². The number of rotatable bonds is 5. The van der Waals surface area contributed by atoms with Gasteiger partial charge in [0, 0.05) is 11.9 Å². The van der Waals surface area contributed by atoms with E-state index in [1.807, 2.05) is 6.07 Å². The summed E-state index contributed by atoms with van der Waals surface area (Å²) in [5.74, 6) is -1.30. The first-order valence-electron chi connectivity index (χ1n) is 8.88. The lowest BCUT2D eigenvalue weighted by Gasteiger charge is -2.32. The molecular weight excluding hydrogens is 267 g/mol. The van der Waals surface area contributed by atoms with Crippen molar-refractivity contribution in [2.75, 3.05) is 0 Å². The molecule has 0 aliphatic carbocycles. The van der Waals surface area contributed by atoms with Crippen LogP contribution in [0, 0.1) is 0 Å². The van der Waals surface area contributed by atoms with Crippen LogP contribution in [0.4, 0.5) is 0 Å². The van der Waals surface area contributed by atoms with Gasteiger partial charge < -0.3 is 14.0 Å². The first-order valence-corrected chi connectivity index (χ1v) is 6.88. The van der Waals surface area contributed by atoms with E-state index < -0.39 is 36.9 Å². The van der Waals surface area contributed by atoms with Gasteiger partial charge in [-0.15, -0.1) is 0 Å². The summed E-state index contributed by atoms with van der Waals surface area (Å²) in [4.78, 5) is 12.2. The molecule has 0 amide bonds. The molecule has 0 aromatic heterocycles. The summed E-state index contributed by atoms with van der Waals surface area (Å²) in [6, 6.07) is 8.79. The highest BCUT2D eigenvalue weighted by Crippen LogP contribution is 2.37. The number of hydrogen-bond donors (Lipinski definition) is 0. The van der Waals surface area contributed by atoms with Crippen molar-refractivity contribution in [3.63, 3.8) is 0 Å². The van der Waals surface area contributed by atoms with Gasteiger partial charge in [-0.2, -0.15) is 0 Å². The van der Waals surface area contributed by atoms with Crippen molar-refractivity contribution in [2.45, 2.75) is 58.1 Å². The zero-order chi connectivity index (χ0) is 19.1. The van der Waals surface area contributed by atoms with Crippen LogP contribution in [0.25, 0.3) is 0 Å². The number of ether oxygens (including phenoxy) is 1. The highest BCUT2D eigenvalue weighted by Gasteiger charge is 2.50. The topological polar surface area (TPSA) is 44.8 Å². The lowest BCUT2D eigenvalue weighted by molar-refractivity contribution is -0.144. The molecule has 1 aliphatic rings. The number of esters is 1. The maximum Gasteiger partial charge on any atom is 0.458 e. The average Bonchev–Trinajstić information content (AvgIpc) is 2.74. The molecule has 21 heavy (non-hydrogen) atoms. The summed E-state index contributed by atoms with van der Waals surface area (Å²) in [5.41, 5.74) is -0.993. The number of hydrogen-bond acceptors (Lipinski definition) is 4. The molecule has 5 heteroatoms. The summed E-state index contributed by atoms with van der Waals surface area (Å²) in [6.45, 7) is 6.77. The van der Waals surface area contributed by atoms with Crippen molar-refractivity contribution in [1.82, 2.24) is 0 Å². The van der Waals surface area contributed by atoms with Crippen molar-refractivity contribution < 1.29 is 24.3 Å². The molecule has 0 spiro atoms. The molecule has 1 heterocycles. The van der Waals surface area contributed by atoms with E-state index in [1.165, 1.54) is 0 Å². The second-order valence-corrected chi connectivity index (χ2v) is 5.92. The molecule has 0 unspecified atom stereocenters. The molecule has 0 radical (unpaired) electrons. The normalized spacial score (nSPS) is 23.7. The van der Waals surface area contributed by atoms with E-state index in [0.29, 0.717) is 5.56 Å². The van der Waals surface area contributed by atoms with Crippen LogP contribution in [0.1, 0.15) is 45.1 Å². The highest BCUT2D eigenvalue weighted by atomic mass is 16.7. The van der Waals surface area contributed by atoms with E-state index in [2.05, 4.69) is 0 Å². The largest absolute Gasteiger partial charge is 0.461 e. The van der Waals surface area contributed by atoms with Crippen LogP contribution < -0.4 is 0 Å². The standard InChI is InChI=1S/C16H23BO4/c1-15(2)16(3,4)21-17(20-15)11-10-14(18)19-12-13-8-6-5-7-9-13/h5-9H,10-12H2,1-4H3/i10D2,11D2. The Bertz CT molecular complexity index is 618. The molecule has 0 bridgehead atoms. The van der Waals surface area contributed by atoms with Crippen LogP contribution in [0.5, 0.6) is 0 Å². The van der Waals surface area contributed by atoms with Crippen molar-refractivity contribution in [3.05, 3.63) is 35.9 Å². The Balaban J connectivity index is 2.12. The molecule has 114 valence electrons. The lowest BCUT2D eigenvalue weighted by atomic mass is 9.83. The summed E-state index contributed by atoms with van der Waals surface area (Å²) < 4.78 is 48.4. The van der Waals surface area contributed by atoms with Crippen LogP contribution in [0.3, 0.4) is 0 Å². The Morgan fingerprint density at radius 3 is 2.33 bits per heavy atom. The zero-order valence-corrected chi connectivity index (χ0v) is 12.8. The molecule has 0 N–H and O–H groups in total. The number of carbonyl (C=O) groups is 1. The monoisotopic (exact) mass is 294 g/mol. The second-order valence-electron chi connectivity index (χ2n) is 5.92. The van der Waals surface area contributed by atoms with Crippen LogP contribution in [-0.4, -0.2) is 24.3 Å². The quantitative estimate of drug-likeness (QED) is 0.618. The lowest BCUT2D eigenvalue weighted by Crippen LogP contribution is -2.41. The minimum atomic E-state index is -2.94. The third kappa shape index (κ3) is 4.08. The summed E-state index contributed by atoms with van der Waals surface area (Å²) in [6.07, 6.45) is -5.67. The second kappa shape index (κ2) is 6.20. The summed E-state index contributed by atoms with van der Waals surface area (Å²) in [5, 5.41) is 0. The van der Waals surface area contributed by atoms with Gasteiger partial charge in [0.1, 0.15) is 6.61 Å².